The third-order valence-corrected chi connectivity index (χ3v) is 5.34. The highest BCUT2D eigenvalue weighted by Gasteiger charge is 2.32. The molecule has 1 aliphatic heterocycles. The number of hydrogen-bond acceptors (Lipinski definition) is 7. The summed E-state index contributed by atoms with van der Waals surface area (Å²) in [7, 11) is 0. The van der Waals surface area contributed by atoms with Gasteiger partial charge in [-0.2, -0.15) is 15.3 Å². The average Bonchev–Trinajstić information content (AvgIpc) is 3.32. The molecule has 0 bridgehead atoms. The largest absolute Gasteiger partial charge is 0.455 e. The van der Waals surface area contributed by atoms with Gasteiger partial charge in [0.1, 0.15) is 11.3 Å². The Morgan fingerprint density at radius 1 is 1.23 bits per heavy atom. The number of amides is 1. The molecule has 4 aromatic rings. The van der Waals surface area contributed by atoms with Gasteiger partial charge in [-0.05, 0) is 36.8 Å². The van der Waals surface area contributed by atoms with Crippen molar-refractivity contribution in [3.63, 3.8) is 0 Å². The first kappa shape index (κ1) is 18.8. The second-order valence-electron chi connectivity index (χ2n) is 7.46. The highest BCUT2D eigenvalue weighted by atomic mass is 16.5. The molecule has 9 nitrogen and oxygen atoms in total. The van der Waals surface area contributed by atoms with E-state index in [2.05, 4.69) is 21.3 Å². The number of benzene rings is 1. The van der Waals surface area contributed by atoms with Gasteiger partial charge in [-0.1, -0.05) is 5.16 Å². The third-order valence-electron chi connectivity index (χ3n) is 5.34. The summed E-state index contributed by atoms with van der Waals surface area (Å²) >= 11 is 0. The molecule has 1 aromatic carbocycles. The predicted octanol–water partition coefficient (Wildman–Crippen LogP) is 3.39. The quantitative estimate of drug-likeness (QED) is 0.503. The number of rotatable bonds is 4. The van der Waals surface area contributed by atoms with Crippen molar-refractivity contribution in [2.75, 3.05) is 13.1 Å². The van der Waals surface area contributed by atoms with Crippen LogP contribution >= 0.6 is 0 Å². The number of fused-ring (bicyclic) bond motifs is 1. The monoisotopic (exact) mass is 414 g/mol. The minimum absolute atomic E-state index is 0.0855. The van der Waals surface area contributed by atoms with Crippen LogP contribution in [0.2, 0.25) is 0 Å². The van der Waals surface area contributed by atoms with Crippen LogP contribution in [0.25, 0.3) is 16.9 Å². The number of nitriles is 1. The van der Waals surface area contributed by atoms with Gasteiger partial charge in [-0.15, -0.1) is 0 Å². The summed E-state index contributed by atoms with van der Waals surface area (Å²) in [6, 6.07) is 11.3. The van der Waals surface area contributed by atoms with Gasteiger partial charge < -0.3 is 14.2 Å². The Hall–Kier alpha value is -4.19. The summed E-state index contributed by atoms with van der Waals surface area (Å²) in [5.41, 5.74) is 2.89. The zero-order valence-corrected chi connectivity index (χ0v) is 16.9. The third kappa shape index (κ3) is 3.28. The molecule has 0 N–H and O–H groups in total. The lowest BCUT2D eigenvalue weighted by Gasteiger charge is -2.35. The molecule has 9 heteroatoms. The first-order chi connectivity index (χ1) is 15.0. The SMILES string of the molecule is Cc1nc(-c2ccc(Oc3ccnn4cc(C(=O)N5CC(C#N)C5)c(C)c34)cc2)no1. The van der Waals surface area contributed by atoms with Crippen LogP contribution in [0, 0.1) is 31.1 Å². The molecule has 0 aliphatic carbocycles. The predicted molar refractivity (Wildman–Crippen MR) is 109 cm³/mol. The van der Waals surface area contributed by atoms with Gasteiger partial charge in [0.2, 0.25) is 11.7 Å². The van der Waals surface area contributed by atoms with Crippen LogP contribution in [0.4, 0.5) is 0 Å². The van der Waals surface area contributed by atoms with Crippen molar-refractivity contribution in [1.82, 2.24) is 24.7 Å². The number of aromatic nitrogens is 4. The maximum Gasteiger partial charge on any atom is 0.255 e. The van der Waals surface area contributed by atoms with Crippen LogP contribution in [0.3, 0.4) is 0 Å². The van der Waals surface area contributed by atoms with Crippen LogP contribution in [-0.4, -0.2) is 43.7 Å². The van der Waals surface area contributed by atoms with E-state index in [4.69, 9.17) is 14.5 Å². The molecule has 1 fully saturated rings. The van der Waals surface area contributed by atoms with Crippen molar-refractivity contribution in [3.8, 4) is 29.0 Å². The molecular weight excluding hydrogens is 396 g/mol. The maximum atomic E-state index is 12.8. The highest BCUT2D eigenvalue weighted by molar-refractivity contribution is 5.98. The number of aryl methyl sites for hydroxylation is 2. The Bertz CT molecular complexity index is 1330. The lowest BCUT2D eigenvalue weighted by atomic mass is 10.0. The number of carbonyl (C=O) groups is 1. The summed E-state index contributed by atoms with van der Waals surface area (Å²) in [6.07, 6.45) is 3.34. The van der Waals surface area contributed by atoms with Gasteiger partial charge >= 0.3 is 0 Å². The van der Waals surface area contributed by atoms with Gasteiger partial charge in [0.15, 0.2) is 5.75 Å². The van der Waals surface area contributed by atoms with Crippen LogP contribution in [0.5, 0.6) is 11.5 Å². The topological polar surface area (TPSA) is 110 Å². The van der Waals surface area contributed by atoms with Crippen molar-refractivity contribution >= 4 is 11.4 Å². The molecule has 31 heavy (non-hydrogen) atoms. The Kier molecular flexibility index (Phi) is 4.40. The van der Waals surface area contributed by atoms with E-state index in [1.54, 1.807) is 34.8 Å². The van der Waals surface area contributed by atoms with Gasteiger partial charge in [0.05, 0.1) is 23.7 Å². The fourth-order valence-corrected chi connectivity index (χ4v) is 3.63. The Morgan fingerprint density at radius 3 is 2.68 bits per heavy atom. The van der Waals surface area contributed by atoms with E-state index >= 15 is 0 Å². The van der Waals surface area contributed by atoms with Crippen molar-refractivity contribution in [2.24, 2.45) is 5.92 Å². The number of ether oxygens (including phenoxy) is 1. The van der Waals surface area contributed by atoms with E-state index in [-0.39, 0.29) is 11.8 Å². The molecule has 0 unspecified atom stereocenters. The second kappa shape index (κ2) is 7.25. The molecular formula is C22H18N6O3. The van der Waals surface area contributed by atoms with Crippen molar-refractivity contribution < 1.29 is 14.1 Å². The smallest absolute Gasteiger partial charge is 0.255 e. The molecule has 1 saturated heterocycles. The van der Waals surface area contributed by atoms with Crippen molar-refractivity contribution in [3.05, 3.63) is 59.7 Å². The lowest BCUT2D eigenvalue weighted by molar-refractivity contribution is 0.0576. The normalized spacial score (nSPS) is 13.8. The van der Waals surface area contributed by atoms with Gasteiger partial charge in [0, 0.05) is 37.8 Å². The molecule has 0 saturated carbocycles. The summed E-state index contributed by atoms with van der Waals surface area (Å²) < 4.78 is 12.8. The Balaban J connectivity index is 1.42. The van der Waals surface area contributed by atoms with Gasteiger partial charge in [-0.25, -0.2) is 4.52 Å². The Morgan fingerprint density at radius 2 is 2.00 bits per heavy atom. The van der Waals surface area contributed by atoms with Crippen LogP contribution in [0.15, 0.2) is 47.2 Å². The first-order valence-corrected chi connectivity index (χ1v) is 9.78. The van der Waals surface area contributed by atoms with E-state index in [0.29, 0.717) is 41.9 Å². The summed E-state index contributed by atoms with van der Waals surface area (Å²) in [5.74, 6) is 2.06. The highest BCUT2D eigenvalue weighted by Crippen LogP contribution is 2.32. The molecule has 0 radical (unpaired) electrons. The lowest BCUT2D eigenvalue weighted by Crippen LogP contribution is -2.49. The fraction of sp³-hybridized carbons (Fsp3) is 0.227. The molecule has 0 spiro atoms. The van der Waals surface area contributed by atoms with Crippen molar-refractivity contribution in [2.45, 2.75) is 13.8 Å². The molecule has 4 heterocycles. The number of hydrogen-bond donors (Lipinski definition) is 0. The van der Waals surface area contributed by atoms with Crippen molar-refractivity contribution in [1.29, 1.82) is 5.26 Å². The van der Waals surface area contributed by atoms with Crippen LogP contribution < -0.4 is 4.74 Å². The standard InChI is InChI=1S/C22H18N6O3/c1-13-18(22(29)27-10-15(9-23)11-27)12-28-20(13)19(7-8-24-28)30-17-5-3-16(4-6-17)21-25-14(2)31-26-21/h3-8,12,15H,10-11H2,1-2H3. The van der Waals surface area contributed by atoms with E-state index in [9.17, 15) is 4.79 Å². The number of likely N-dealkylation sites (tertiary alicyclic amines) is 1. The molecule has 0 atom stereocenters. The molecule has 5 rings (SSSR count). The number of nitrogens with zero attached hydrogens (tertiary/aromatic N) is 6. The van der Waals surface area contributed by atoms with E-state index in [1.807, 2.05) is 31.2 Å². The summed E-state index contributed by atoms with van der Waals surface area (Å²) in [4.78, 5) is 18.7. The molecule has 1 aliphatic rings. The van der Waals surface area contributed by atoms with Gasteiger partial charge in [0.25, 0.3) is 5.91 Å². The second-order valence-corrected chi connectivity index (χ2v) is 7.46. The maximum absolute atomic E-state index is 12.8. The van der Waals surface area contributed by atoms with E-state index in [0.717, 1.165) is 16.6 Å². The van der Waals surface area contributed by atoms with Gasteiger partial charge in [-0.3, -0.25) is 4.79 Å². The molecule has 154 valence electrons. The number of carbonyl (C=O) groups excluding carboxylic acids is 1. The molecule has 3 aromatic heterocycles. The van der Waals surface area contributed by atoms with Crippen LogP contribution in [0.1, 0.15) is 21.8 Å². The van der Waals surface area contributed by atoms with Crippen LogP contribution in [-0.2, 0) is 0 Å². The summed E-state index contributed by atoms with van der Waals surface area (Å²) in [5, 5.41) is 17.2. The fourth-order valence-electron chi connectivity index (χ4n) is 3.63. The van der Waals surface area contributed by atoms with E-state index < -0.39 is 0 Å². The Labute approximate surface area is 177 Å². The minimum atomic E-state index is -0.0970. The molecule has 1 amide bonds. The van der Waals surface area contributed by atoms with E-state index in [1.165, 1.54) is 0 Å². The zero-order valence-electron chi connectivity index (χ0n) is 16.9. The summed E-state index contributed by atoms with van der Waals surface area (Å²) in [6.45, 7) is 4.54. The minimum Gasteiger partial charge on any atom is -0.455 e. The first-order valence-electron chi connectivity index (χ1n) is 9.78. The average molecular weight is 414 g/mol. The zero-order chi connectivity index (χ0) is 21.5.